The van der Waals surface area contributed by atoms with Crippen molar-refractivity contribution in [1.29, 1.82) is 0 Å². The molecule has 100 valence electrons. The molecule has 2 aromatic carbocycles. The smallest absolute Gasteiger partial charge is 0.165 e. The van der Waals surface area contributed by atoms with Crippen LogP contribution in [0.2, 0.25) is 5.02 Å². The summed E-state index contributed by atoms with van der Waals surface area (Å²) in [5.41, 5.74) is 7.23. The summed E-state index contributed by atoms with van der Waals surface area (Å²) >= 11 is 7.59. The molecule has 0 amide bonds. The molecule has 0 aliphatic rings. The van der Waals surface area contributed by atoms with E-state index < -0.39 is 0 Å². The average Bonchev–Trinajstić information content (AvgIpc) is 2.40. The van der Waals surface area contributed by atoms with Gasteiger partial charge >= 0.3 is 0 Å². The van der Waals surface area contributed by atoms with Crippen molar-refractivity contribution < 1.29 is 9.13 Å². The molecular formula is C14H13ClFNOS. The van der Waals surface area contributed by atoms with Gasteiger partial charge in [0.05, 0.1) is 12.1 Å². The number of nitrogens with two attached hydrogens (primary N) is 1. The van der Waals surface area contributed by atoms with E-state index in [1.807, 2.05) is 12.1 Å². The van der Waals surface area contributed by atoms with Crippen LogP contribution in [0.4, 0.5) is 10.1 Å². The molecule has 0 spiro atoms. The second-order valence-electron chi connectivity index (χ2n) is 3.95. The molecular weight excluding hydrogens is 285 g/mol. The first kappa shape index (κ1) is 14.0. The number of nitrogen functional groups attached to an aromatic ring is 1. The molecule has 0 atom stereocenters. The van der Waals surface area contributed by atoms with Gasteiger partial charge < -0.3 is 10.5 Å². The molecule has 0 radical (unpaired) electrons. The molecule has 5 heteroatoms. The molecule has 0 aliphatic carbocycles. The van der Waals surface area contributed by atoms with Crippen LogP contribution in [0.3, 0.4) is 0 Å². The zero-order valence-electron chi connectivity index (χ0n) is 10.3. The minimum absolute atomic E-state index is 0.246. The topological polar surface area (TPSA) is 35.2 Å². The largest absolute Gasteiger partial charge is 0.494 e. The van der Waals surface area contributed by atoms with Crippen molar-refractivity contribution in [2.75, 3.05) is 12.8 Å². The lowest BCUT2D eigenvalue weighted by molar-refractivity contribution is 0.386. The van der Waals surface area contributed by atoms with Crippen molar-refractivity contribution in [2.45, 2.75) is 10.6 Å². The monoisotopic (exact) mass is 297 g/mol. The first-order valence-electron chi connectivity index (χ1n) is 5.60. The quantitative estimate of drug-likeness (QED) is 0.672. The summed E-state index contributed by atoms with van der Waals surface area (Å²) < 4.78 is 18.4. The molecule has 2 rings (SSSR count). The van der Waals surface area contributed by atoms with E-state index in [1.165, 1.54) is 24.9 Å². The van der Waals surface area contributed by atoms with Gasteiger partial charge in [0, 0.05) is 16.3 Å². The normalized spacial score (nSPS) is 10.5. The summed E-state index contributed by atoms with van der Waals surface area (Å²) in [5, 5.41) is 0.646. The van der Waals surface area contributed by atoms with E-state index >= 15 is 0 Å². The molecule has 0 aromatic heterocycles. The van der Waals surface area contributed by atoms with Gasteiger partial charge in [-0.1, -0.05) is 17.7 Å². The summed E-state index contributed by atoms with van der Waals surface area (Å²) in [7, 11) is 1.44. The SMILES string of the molecule is COc1ccc(CSc2cc(N)ccc2Cl)cc1F. The van der Waals surface area contributed by atoms with E-state index in [4.69, 9.17) is 22.1 Å². The molecule has 0 unspecified atom stereocenters. The van der Waals surface area contributed by atoms with Gasteiger partial charge in [0.1, 0.15) is 0 Å². The number of hydrogen-bond donors (Lipinski definition) is 1. The summed E-state index contributed by atoms with van der Waals surface area (Å²) in [5.74, 6) is 0.499. The van der Waals surface area contributed by atoms with Crippen molar-refractivity contribution >= 4 is 29.1 Å². The van der Waals surface area contributed by atoms with E-state index in [0.717, 1.165) is 10.5 Å². The van der Waals surface area contributed by atoms with Gasteiger partial charge in [-0.25, -0.2) is 4.39 Å². The summed E-state index contributed by atoms with van der Waals surface area (Å²) in [6.07, 6.45) is 0. The summed E-state index contributed by atoms with van der Waals surface area (Å²) in [6, 6.07) is 10.2. The van der Waals surface area contributed by atoms with Gasteiger partial charge in [0.25, 0.3) is 0 Å². The second-order valence-corrected chi connectivity index (χ2v) is 5.37. The van der Waals surface area contributed by atoms with Crippen molar-refractivity contribution in [3.05, 3.63) is 52.8 Å². The molecule has 19 heavy (non-hydrogen) atoms. The summed E-state index contributed by atoms with van der Waals surface area (Å²) in [6.45, 7) is 0. The van der Waals surface area contributed by atoms with Crippen LogP contribution in [0.1, 0.15) is 5.56 Å². The van der Waals surface area contributed by atoms with Crippen LogP contribution < -0.4 is 10.5 Å². The highest BCUT2D eigenvalue weighted by molar-refractivity contribution is 7.98. The van der Waals surface area contributed by atoms with Crippen molar-refractivity contribution in [2.24, 2.45) is 0 Å². The lowest BCUT2D eigenvalue weighted by atomic mass is 10.2. The maximum absolute atomic E-state index is 13.5. The maximum Gasteiger partial charge on any atom is 0.165 e. The Labute approximate surface area is 120 Å². The molecule has 0 heterocycles. The maximum atomic E-state index is 13.5. The van der Waals surface area contributed by atoms with E-state index in [1.54, 1.807) is 18.2 Å². The average molecular weight is 298 g/mol. The van der Waals surface area contributed by atoms with Crippen LogP contribution in [-0.4, -0.2) is 7.11 Å². The van der Waals surface area contributed by atoms with Crippen LogP contribution in [-0.2, 0) is 5.75 Å². The number of hydrogen-bond acceptors (Lipinski definition) is 3. The van der Waals surface area contributed by atoms with E-state index in [9.17, 15) is 4.39 Å². The first-order valence-corrected chi connectivity index (χ1v) is 6.96. The van der Waals surface area contributed by atoms with Crippen molar-refractivity contribution in [3.63, 3.8) is 0 Å². The number of rotatable bonds is 4. The predicted molar refractivity (Wildman–Crippen MR) is 78.4 cm³/mol. The first-order chi connectivity index (χ1) is 9.10. The Morgan fingerprint density at radius 2 is 2.05 bits per heavy atom. The summed E-state index contributed by atoms with van der Waals surface area (Å²) in [4.78, 5) is 0.887. The lowest BCUT2D eigenvalue weighted by Gasteiger charge is -2.07. The second kappa shape index (κ2) is 6.17. The highest BCUT2D eigenvalue weighted by atomic mass is 35.5. The van der Waals surface area contributed by atoms with Crippen LogP contribution >= 0.6 is 23.4 Å². The number of methoxy groups -OCH3 is 1. The third kappa shape index (κ3) is 3.55. The molecule has 0 saturated carbocycles. The van der Waals surface area contributed by atoms with Gasteiger partial charge in [-0.15, -0.1) is 11.8 Å². The predicted octanol–water partition coefficient (Wildman–Crippen LogP) is 4.36. The van der Waals surface area contributed by atoms with Crippen LogP contribution in [0.5, 0.6) is 5.75 Å². The fraction of sp³-hybridized carbons (Fsp3) is 0.143. The fourth-order valence-electron chi connectivity index (χ4n) is 1.59. The number of anilines is 1. The minimum atomic E-state index is -0.362. The zero-order valence-corrected chi connectivity index (χ0v) is 11.9. The molecule has 2 N–H and O–H groups in total. The Hall–Kier alpha value is -1.39. The highest BCUT2D eigenvalue weighted by Crippen LogP contribution is 2.32. The third-order valence-electron chi connectivity index (χ3n) is 2.57. The zero-order chi connectivity index (χ0) is 13.8. The Balaban J connectivity index is 2.10. The Bertz CT molecular complexity index is 592. The molecule has 2 aromatic rings. The van der Waals surface area contributed by atoms with E-state index in [0.29, 0.717) is 16.5 Å². The lowest BCUT2D eigenvalue weighted by Crippen LogP contribution is -1.90. The molecule has 0 saturated heterocycles. The van der Waals surface area contributed by atoms with Crippen molar-refractivity contribution in [1.82, 2.24) is 0 Å². The molecule has 2 nitrogen and oxygen atoms in total. The van der Waals surface area contributed by atoms with Gasteiger partial charge in [-0.3, -0.25) is 0 Å². The Morgan fingerprint density at radius 3 is 2.74 bits per heavy atom. The number of halogens is 2. The fourth-order valence-corrected chi connectivity index (χ4v) is 2.80. The Morgan fingerprint density at radius 1 is 1.26 bits per heavy atom. The number of benzene rings is 2. The number of ether oxygens (including phenoxy) is 1. The van der Waals surface area contributed by atoms with Crippen LogP contribution in [0, 0.1) is 5.82 Å². The van der Waals surface area contributed by atoms with Crippen molar-refractivity contribution in [3.8, 4) is 5.75 Å². The standard InChI is InChI=1S/C14H13ClFNOS/c1-18-13-5-2-9(6-12(13)16)8-19-14-7-10(17)3-4-11(14)15/h2-7H,8,17H2,1H3. The third-order valence-corrected chi connectivity index (χ3v) is 4.13. The van der Waals surface area contributed by atoms with Crippen LogP contribution in [0.15, 0.2) is 41.3 Å². The molecule has 0 bridgehead atoms. The number of thioether (sulfide) groups is 1. The van der Waals surface area contributed by atoms with E-state index in [2.05, 4.69) is 0 Å². The van der Waals surface area contributed by atoms with Gasteiger partial charge in [0.15, 0.2) is 11.6 Å². The van der Waals surface area contributed by atoms with E-state index in [-0.39, 0.29) is 11.6 Å². The molecule has 0 fully saturated rings. The minimum Gasteiger partial charge on any atom is -0.494 e. The van der Waals surface area contributed by atoms with Gasteiger partial charge in [0.2, 0.25) is 0 Å². The van der Waals surface area contributed by atoms with Crippen LogP contribution in [0.25, 0.3) is 0 Å². The molecule has 0 aliphatic heterocycles. The van der Waals surface area contributed by atoms with Gasteiger partial charge in [-0.05, 0) is 35.9 Å². The Kier molecular flexibility index (Phi) is 4.56. The highest BCUT2D eigenvalue weighted by Gasteiger charge is 2.06. The van der Waals surface area contributed by atoms with Gasteiger partial charge in [-0.2, -0.15) is 0 Å².